The number of rotatable bonds is 3. The summed E-state index contributed by atoms with van der Waals surface area (Å²) in [5.74, 6) is 0.896. The van der Waals surface area contributed by atoms with Crippen LogP contribution in [0.3, 0.4) is 0 Å². The zero-order valence-corrected chi connectivity index (χ0v) is 10.3. The minimum atomic E-state index is 0.0599. The van der Waals surface area contributed by atoms with Crippen molar-refractivity contribution in [3.63, 3.8) is 0 Å². The SMILES string of the molecule is CCC1CCC(NC(=O)NC2CCC2)CC1. The molecule has 0 aliphatic heterocycles. The third kappa shape index (κ3) is 3.13. The van der Waals surface area contributed by atoms with E-state index >= 15 is 0 Å². The Morgan fingerprint density at radius 1 is 1.00 bits per heavy atom. The fraction of sp³-hybridized carbons (Fsp3) is 0.923. The van der Waals surface area contributed by atoms with Crippen molar-refractivity contribution in [3.8, 4) is 0 Å². The van der Waals surface area contributed by atoms with Gasteiger partial charge in [0.25, 0.3) is 0 Å². The first kappa shape index (κ1) is 11.7. The molecule has 0 atom stereocenters. The molecule has 0 heterocycles. The lowest BCUT2D eigenvalue weighted by Gasteiger charge is -2.31. The predicted octanol–water partition coefficient (Wildman–Crippen LogP) is 2.81. The first-order chi connectivity index (χ1) is 7.78. The number of amides is 2. The van der Waals surface area contributed by atoms with Gasteiger partial charge in [0.1, 0.15) is 0 Å². The molecule has 0 aromatic carbocycles. The Balaban J connectivity index is 1.63. The van der Waals surface area contributed by atoms with Crippen LogP contribution in [0.15, 0.2) is 0 Å². The molecular weight excluding hydrogens is 200 g/mol. The van der Waals surface area contributed by atoms with Gasteiger partial charge in [0.2, 0.25) is 0 Å². The van der Waals surface area contributed by atoms with E-state index < -0.39 is 0 Å². The maximum atomic E-state index is 11.6. The van der Waals surface area contributed by atoms with E-state index in [1.54, 1.807) is 0 Å². The highest BCUT2D eigenvalue weighted by Crippen LogP contribution is 2.26. The second kappa shape index (κ2) is 5.55. The van der Waals surface area contributed by atoms with Crippen LogP contribution in [0.1, 0.15) is 58.3 Å². The van der Waals surface area contributed by atoms with Gasteiger partial charge < -0.3 is 10.6 Å². The number of urea groups is 1. The van der Waals surface area contributed by atoms with Crippen molar-refractivity contribution in [2.24, 2.45) is 5.92 Å². The van der Waals surface area contributed by atoms with Crippen molar-refractivity contribution in [2.45, 2.75) is 70.4 Å². The molecule has 92 valence electrons. The van der Waals surface area contributed by atoms with Crippen LogP contribution in [0.5, 0.6) is 0 Å². The van der Waals surface area contributed by atoms with Crippen LogP contribution >= 0.6 is 0 Å². The molecule has 3 nitrogen and oxygen atoms in total. The lowest BCUT2D eigenvalue weighted by molar-refractivity contribution is 0.215. The van der Waals surface area contributed by atoms with Crippen molar-refractivity contribution in [3.05, 3.63) is 0 Å². The Morgan fingerprint density at radius 3 is 2.00 bits per heavy atom. The summed E-state index contributed by atoms with van der Waals surface area (Å²) in [6.07, 6.45) is 9.78. The summed E-state index contributed by atoms with van der Waals surface area (Å²) < 4.78 is 0. The summed E-state index contributed by atoms with van der Waals surface area (Å²) in [6.45, 7) is 2.27. The summed E-state index contributed by atoms with van der Waals surface area (Å²) in [5, 5.41) is 6.15. The molecule has 2 amide bonds. The van der Waals surface area contributed by atoms with E-state index in [9.17, 15) is 4.79 Å². The molecule has 0 aromatic heterocycles. The fourth-order valence-corrected chi connectivity index (χ4v) is 2.68. The van der Waals surface area contributed by atoms with Gasteiger partial charge in [-0.1, -0.05) is 13.3 Å². The van der Waals surface area contributed by atoms with E-state index in [-0.39, 0.29) is 6.03 Å². The van der Waals surface area contributed by atoms with Crippen LogP contribution in [0.25, 0.3) is 0 Å². The van der Waals surface area contributed by atoms with Gasteiger partial charge in [0.05, 0.1) is 0 Å². The zero-order chi connectivity index (χ0) is 11.4. The largest absolute Gasteiger partial charge is 0.335 e. The quantitative estimate of drug-likeness (QED) is 0.760. The van der Waals surface area contributed by atoms with Crippen molar-refractivity contribution >= 4 is 6.03 Å². The Hall–Kier alpha value is -0.730. The number of hydrogen-bond donors (Lipinski definition) is 2. The molecule has 0 spiro atoms. The molecule has 2 N–H and O–H groups in total. The molecule has 2 aliphatic carbocycles. The Labute approximate surface area is 98.4 Å². The van der Waals surface area contributed by atoms with Crippen LogP contribution in [0.4, 0.5) is 4.79 Å². The van der Waals surface area contributed by atoms with E-state index in [4.69, 9.17) is 0 Å². The molecule has 0 saturated heterocycles. The lowest BCUT2D eigenvalue weighted by atomic mass is 9.84. The van der Waals surface area contributed by atoms with E-state index in [1.165, 1.54) is 25.7 Å². The first-order valence-electron chi connectivity index (χ1n) is 6.85. The molecule has 0 bridgehead atoms. The Bertz CT molecular complexity index is 230. The third-order valence-electron chi connectivity index (χ3n) is 4.20. The molecule has 3 heteroatoms. The highest BCUT2D eigenvalue weighted by Gasteiger charge is 2.23. The van der Waals surface area contributed by atoms with E-state index in [2.05, 4.69) is 17.6 Å². The predicted molar refractivity (Wildman–Crippen MR) is 65.3 cm³/mol. The second-order valence-corrected chi connectivity index (χ2v) is 5.37. The molecule has 0 unspecified atom stereocenters. The Morgan fingerprint density at radius 2 is 1.56 bits per heavy atom. The van der Waals surface area contributed by atoms with E-state index in [1.807, 2.05) is 0 Å². The minimum absolute atomic E-state index is 0.0599. The van der Waals surface area contributed by atoms with Crippen molar-refractivity contribution < 1.29 is 4.79 Å². The number of carbonyl (C=O) groups is 1. The zero-order valence-electron chi connectivity index (χ0n) is 10.3. The van der Waals surface area contributed by atoms with Crippen LogP contribution in [0.2, 0.25) is 0 Å². The van der Waals surface area contributed by atoms with Crippen LogP contribution in [0, 0.1) is 5.92 Å². The monoisotopic (exact) mass is 224 g/mol. The molecular formula is C13H24N2O. The van der Waals surface area contributed by atoms with Gasteiger partial charge in [-0.3, -0.25) is 0 Å². The number of hydrogen-bond acceptors (Lipinski definition) is 1. The van der Waals surface area contributed by atoms with E-state index in [0.717, 1.165) is 31.6 Å². The van der Waals surface area contributed by atoms with Gasteiger partial charge >= 0.3 is 6.03 Å². The average molecular weight is 224 g/mol. The summed E-state index contributed by atoms with van der Waals surface area (Å²) in [7, 11) is 0. The van der Waals surface area contributed by atoms with Crippen molar-refractivity contribution in [1.82, 2.24) is 10.6 Å². The van der Waals surface area contributed by atoms with Gasteiger partial charge in [-0.15, -0.1) is 0 Å². The van der Waals surface area contributed by atoms with Gasteiger partial charge in [0.15, 0.2) is 0 Å². The van der Waals surface area contributed by atoms with Gasteiger partial charge in [-0.05, 0) is 50.9 Å². The maximum absolute atomic E-state index is 11.6. The van der Waals surface area contributed by atoms with Crippen LogP contribution < -0.4 is 10.6 Å². The first-order valence-corrected chi connectivity index (χ1v) is 6.85. The van der Waals surface area contributed by atoms with Gasteiger partial charge in [-0.25, -0.2) is 4.79 Å². The van der Waals surface area contributed by atoms with E-state index in [0.29, 0.717) is 12.1 Å². The maximum Gasteiger partial charge on any atom is 0.315 e. The van der Waals surface area contributed by atoms with Crippen molar-refractivity contribution in [1.29, 1.82) is 0 Å². The molecule has 2 rings (SSSR count). The normalized spacial score (nSPS) is 30.6. The highest BCUT2D eigenvalue weighted by atomic mass is 16.2. The highest BCUT2D eigenvalue weighted by molar-refractivity contribution is 5.74. The van der Waals surface area contributed by atoms with Crippen molar-refractivity contribution in [2.75, 3.05) is 0 Å². The average Bonchev–Trinajstić information content (AvgIpc) is 2.25. The standard InChI is InChI=1S/C13H24N2O/c1-2-10-6-8-12(9-7-10)15-13(16)14-11-4-3-5-11/h10-12H,2-9H2,1H3,(H2,14,15,16). The molecule has 0 radical (unpaired) electrons. The molecule has 16 heavy (non-hydrogen) atoms. The number of carbonyl (C=O) groups excluding carboxylic acids is 1. The molecule has 2 fully saturated rings. The van der Waals surface area contributed by atoms with Crippen LogP contribution in [-0.2, 0) is 0 Å². The molecule has 2 saturated carbocycles. The summed E-state index contributed by atoms with van der Waals surface area (Å²) in [5.41, 5.74) is 0. The Kier molecular flexibility index (Phi) is 4.08. The minimum Gasteiger partial charge on any atom is -0.335 e. The number of nitrogens with one attached hydrogen (secondary N) is 2. The van der Waals surface area contributed by atoms with Gasteiger partial charge in [0, 0.05) is 12.1 Å². The fourth-order valence-electron chi connectivity index (χ4n) is 2.68. The molecule has 0 aromatic rings. The summed E-state index contributed by atoms with van der Waals surface area (Å²) in [6, 6.07) is 0.930. The molecule has 2 aliphatic rings. The van der Waals surface area contributed by atoms with Crippen LogP contribution in [-0.4, -0.2) is 18.1 Å². The second-order valence-electron chi connectivity index (χ2n) is 5.37. The lowest BCUT2D eigenvalue weighted by Crippen LogP contribution is -2.49. The third-order valence-corrected chi connectivity index (χ3v) is 4.20. The summed E-state index contributed by atoms with van der Waals surface area (Å²) in [4.78, 5) is 11.6. The van der Waals surface area contributed by atoms with Gasteiger partial charge in [-0.2, -0.15) is 0 Å². The topological polar surface area (TPSA) is 41.1 Å². The smallest absolute Gasteiger partial charge is 0.315 e. The summed E-state index contributed by atoms with van der Waals surface area (Å²) >= 11 is 0.